The van der Waals surface area contributed by atoms with Gasteiger partial charge in [-0.25, -0.2) is 4.79 Å². The predicted octanol–water partition coefficient (Wildman–Crippen LogP) is 2.91. The van der Waals surface area contributed by atoms with Crippen molar-refractivity contribution < 1.29 is 9.90 Å². The standard InChI is InChI=1S/C13H15N3O2S/c1-8(2)6-10-9-7-11(13(17)18)19-12(9)16(15-10)5-3-4-14/h7-8H,3,5-6H2,1-2H3,(H,17,18). The maximum Gasteiger partial charge on any atom is 0.345 e. The summed E-state index contributed by atoms with van der Waals surface area (Å²) in [5.41, 5.74) is 0.923. The molecule has 0 fully saturated rings. The number of carboxylic acid groups (broad SMARTS) is 1. The lowest BCUT2D eigenvalue weighted by Crippen LogP contribution is -2.02. The van der Waals surface area contributed by atoms with E-state index in [1.807, 2.05) is 0 Å². The van der Waals surface area contributed by atoms with Crippen molar-refractivity contribution in [1.29, 1.82) is 5.26 Å². The van der Waals surface area contributed by atoms with Gasteiger partial charge in [0.25, 0.3) is 0 Å². The predicted molar refractivity (Wildman–Crippen MR) is 73.3 cm³/mol. The molecule has 0 amide bonds. The number of hydrogen-bond acceptors (Lipinski definition) is 4. The Morgan fingerprint density at radius 1 is 1.63 bits per heavy atom. The van der Waals surface area contributed by atoms with Crippen molar-refractivity contribution in [3.63, 3.8) is 0 Å². The molecule has 0 saturated carbocycles. The number of rotatable bonds is 5. The Labute approximate surface area is 115 Å². The Morgan fingerprint density at radius 3 is 2.95 bits per heavy atom. The van der Waals surface area contributed by atoms with Crippen molar-refractivity contribution in [2.75, 3.05) is 0 Å². The number of fused-ring (bicyclic) bond motifs is 1. The van der Waals surface area contributed by atoms with Gasteiger partial charge in [-0.2, -0.15) is 10.4 Å². The summed E-state index contributed by atoms with van der Waals surface area (Å²) in [6.07, 6.45) is 1.18. The Morgan fingerprint density at radius 2 is 2.37 bits per heavy atom. The minimum absolute atomic E-state index is 0.322. The van der Waals surface area contributed by atoms with E-state index in [-0.39, 0.29) is 0 Å². The van der Waals surface area contributed by atoms with Gasteiger partial charge in [-0.05, 0) is 18.4 Å². The zero-order chi connectivity index (χ0) is 14.0. The second kappa shape index (κ2) is 5.41. The minimum Gasteiger partial charge on any atom is -0.477 e. The van der Waals surface area contributed by atoms with Crippen molar-refractivity contribution in [3.05, 3.63) is 16.6 Å². The number of aromatic carboxylic acids is 1. The first kappa shape index (κ1) is 13.6. The smallest absolute Gasteiger partial charge is 0.345 e. The van der Waals surface area contributed by atoms with Crippen molar-refractivity contribution in [2.45, 2.75) is 33.2 Å². The van der Waals surface area contributed by atoms with E-state index in [0.29, 0.717) is 23.8 Å². The molecular weight excluding hydrogens is 262 g/mol. The third-order valence-corrected chi connectivity index (χ3v) is 3.88. The van der Waals surface area contributed by atoms with Crippen LogP contribution in [0.15, 0.2) is 6.07 Å². The number of carbonyl (C=O) groups is 1. The molecule has 0 unspecified atom stereocenters. The second-order valence-electron chi connectivity index (χ2n) is 4.81. The van der Waals surface area contributed by atoms with E-state index in [4.69, 9.17) is 10.4 Å². The van der Waals surface area contributed by atoms with Crippen LogP contribution in [0.4, 0.5) is 0 Å². The first-order chi connectivity index (χ1) is 9.02. The lowest BCUT2D eigenvalue weighted by Gasteiger charge is -2.01. The average molecular weight is 277 g/mol. The molecule has 100 valence electrons. The van der Waals surface area contributed by atoms with Crippen LogP contribution in [-0.4, -0.2) is 20.9 Å². The molecule has 0 bridgehead atoms. The molecule has 5 nitrogen and oxygen atoms in total. The zero-order valence-corrected chi connectivity index (χ0v) is 11.7. The van der Waals surface area contributed by atoms with Crippen LogP contribution in [0, 0.1) is 17.2 Å². The number of aromatic nitrogens is 2. The third-order valence-electron chi connectivity index (χ3n) is 2.75. The molecule has 2 rings (SSSR count). The summed E-state index contributed by atoms with van der Waals surface area (Å²) in [7, 11) is 0. The fraction of sp³-hybridized carbons (Fsp3) is 0.462. The van der Waals surface area contributed by atoms with Crippen LogP contribution in [0.2, 0.25) is 0 Å². The van der Waals surface area contributed by atoms with E-state index in [2.05, 4.69) is 25.0 Å². The average Bonchev–Trinajstić information content (AvgIpc) is 2.87. The van der Waals surface area contributed by atoms with E-state index in [9.17, 15) is 4.79 Å². The van der Waals surface area contributed by atoms with E-state index in [0.717, 1.165) is 22.3 Å². The summed E-state index contributed by atoms with van der Waals surface area (Å²) in [5, 5.41) is 23.2. The zero-order valence-electron chi connectivity index (χ0n) is 10.9. The number of thiophene rings is 1. The number of carboxylic acids is 1. The van der Waals surface area contributed by atoms with E-state index in [1.165, 1.54) is 11.3 Å². The number of hydrogen-bond donors (Lipinski definition) is 1. The number of nitriles is 1. The molecule has 1 N–H and O–H groups in total. The normalized spacial score (nSPS) is 11.1. The SMILES string of the molecule is CC(C)Cc1nn(CCC#N)c2sc(C(=O)O)cc12. The molecule has 0 atom stereocenters. The van der Waals surface area contributed by atoms with Gasteiger partial charge in [0.2, 0.25) is 0 Å². The highest BCUT2D eigenvalue weighted by Crippen LogP contribution is 2.30. The van der Waals surface area contributed by atoms with E-state index >= 15 is 0 Å². The van der Waals surface area contributed by atoms with Gasteiger partial charge in [-0.1, -0.05) is 13.8 Å². The maximum absolute atomic E-state index is 11.1. The molecule has 0 aromatic carbocycles. The van der Waals surface area contributed by atoms with Gasteiger partial charge in [-0.15, -0.1) is 11.3 Å². The Balaban J connectivity index is 2.49. The molecule has 2 aromatic heterocycles. The van der Waals surface area contributed by atoms with Gasteiger partial charge >= 0.3 is 5.97 Å². The fourth-order valence-corrected chi connectivity index (χ4v) is 2.97. The fourth-order valence-electron chi connectivity index (χ4n) is 1.98. The van der Waals surface area contributed by atoms with Crippen LogP contribution >= 0.6 is 11.3 Å². The molecule has 0 aliphatic rings. The van der Waals surface area contributed by atoms with Crippen LogP contribution in [0.25, 0.3) is 10.2 Å². The maximum atomic E-state index is 11.1. The monoisotopic (exact) mass is 277 g/mol. The largest absolute Gasteiger partial charge is 0.477 e. The highest BCUT2D eigenvalue weighted by Gasteiger charge is 2.17. The quantitative estimate of drug-likeness (QED) is 0.911. The topological polar surface area (TPSA) is 78.9 Å². The van der Waals surface area contributed by atoms with Gasteiger partial charge in [0.1, 0.15) is 9.71 Å². The molecule has 19 heavy (non-hydrogen) atoms. The Bertz CT molecular complexity index is 649. The Kier molecular flexibility index (Phi) is 3.86. The molecule has 0 aliphatic carbocycles. The molecule has 2 aromatic rings. The van der Waals surface area contributed by atoms with Gasteiger partial charge in [0, 0.05) is 5.39 Å². The van der Waals surface area contributed by atoms with Crippen LogP contribution in [-0.2, 0) is 13.0 Å². The summed E-state index contributed by atoms with van der Waals surface area (Å²) >= 11 is 1.22. The molecule has 0 radical (unpaired) electrons. The van der Waals surface area contributed by atoms with E-state index in [1.54, 1.807) is 10.7 Å². The van der Waals surface area contributed by atoms with Crippen LogP contribution in [0.3, 0.4) is 0 Å². The van der Waals surface area contributed by atoms with Crippen LogP contribution in [0.5, 0.6) is 0 Å². The van der Waals surface area contributed by atoms with Crippen molar-refractivity contribution in [1.82, 2.24) is 9.78 Å². The lowest BCUT2D eigenvalue weighted by atomic mass is 10.1. The van der Waals surface area contributed by atoms with Crippen LogP contribution in [0.1, 0.15) is 35.6 Å². The minimum atomic E-state index is -0.913. The second-order valence-corrected chi connectivity index (χ2v) is 5.84. The lowest BCUT2D eigenvalue weighted by molar-refractivity contribution is 0.0702. The summed E-state index contributed by atoms with van der Waals surface area (Å²) in [6.45, 7) is 4.71. The summed E-state index contributed by atoms with van der Waals surface area (Å²) in [5.74, 6) is -0.459. The van der Waals surface area contributed by atoms with Crippen LogP contribution < -0.4 is 0 Å². The van der Waals surface area contributed by atoms with Gasteiger partial charge in [0.05, 0.1) is 24.7 Å². The molecule has 0 spiro atoms. The highest BCUT2D eigenvalue weighted by molar-refractivity contribution is 7.20. The molecule has 2 heterocycles. The van der Waals surface area contributed by atoms with Crippen molar-refractivity contribution >= 4 is 27.5 Å². The van der Waals surface area contributed by atoms with Crippen molar-refractivity contribution in [3.8, 4) is 6.07 Å². The summed E-state index contributed by atoms with van der Waals surface area (Å²) in [6, 6.07) is 3.78. The molecular formula is C13H15N3O2S. The summed E-state index contributed by atoms with van der Waals surface area (Å²) < 4.78 is 1.76. The molecule has 0 aliphatic heterocycles. The molecule has 0 saturated heterocycles. The van der Waals surface area contributed by atoms with Crippen molar-refractivity contribution in [2.24, 2.45) is 5.92 Å². The first-order valence-corrected chi connectivity index (χ1v) is 6.94. The third kappa shape index (κ3) is 2.76. The Hall–Kier alpha value is -1.87. The highest BCUT2D eigenvalue weighted by atomic mass is 32.1. The molecule has 6 heteroatoms. The number of nitrogens with zero attached hydrogens (tertiary/aromatic N) is 3. The van der Waals surface area contributed by atoms with E-state index < -0.39 is 5.97 Å². The van der Waals surface area contributed by atoms with Gasteiger partial charge in [-0.3, -0.25) is 4.68 Å². The van der Waals surface area contributed by atoms with Gasteiger partial charge in [0.15, 0.2) is 0 Å². The van der Waals surface area contributed by atoms with Gasteiger partial charge < -0.3 is 5.11 Å². The summed E-state index contributed by atoms with van der Waals surface area (Å²) in [4.78, 5) is 12.2. The first-order valence-electron chi connectivity index (χ1n) is 6.12. The number of aryl methyl sites for hydroxylation is 1.